The zero-order valence-corrected chi connectivity index (χ0v) is 9.54. The molecule has 0 radical (unpaired) electrons. The van der Waals surface area contributed by atoms with E-state index in [0.717, 1.165) is 17.7 Å². The molecule has 0 amide bonds. The Balaban J connectivity index is 2.24. The van der Waals surface area contributed by atoms with Gasteiger partial charge in [0.2, 0.25) is 0 Å². The van der Waals surface area contributed by atoms with Gasteiger partial charge in [0.25, 0.3) is 0 Å². The maximum absolute atomic E-state index is 9.83. The van der Waals surface area contributed by atoms with E-state index in [4.69, 9.17) is 5.73 Å². The minimum absolute atomic E-state index is 0.424. The molecular formula is C12H17NOS. The van der Waals surface area contributed by atoms with Crippen LogP contribution >= 0.6 is 11.8 Å². The molecule has 0 aliphatic carbocycles. The first-order valence-corrected chi connectivity index (χ1v) is 6.54. The lowest BCUT2D eigenvalue weighted by atomic mass is 9.84. The summed E-state index contributed by atoms with van der Waals surface area (Å²) in [5.74, 6) is 3.67. The molecule has 3 N–H and O–H groups in total. The summed E-state index contributed by atoms with van der Waals surface area (Å²) in [5, 5.41) is 9.83. The third kappa shape index (κ3) is 2.29. The first-order valence-electron chi connectivity index (χ1n) is 5.38. The summed E-state index contributed by atoms with van der Waals surface area (Å²) in [6, 6.07) is 7.65. The Morgan fingerprint density at radius 3 is 2.93 bits per heavy atom. The van der Waals surface area contributed by atoms with Crippen LogP contribution in [-0.2, 0) is 0 Å². The molecule has 2 nitrogen and oxygen atoms in total. The fourth-order valence-corrected chi connectivity index (χ4v) is 3.50. The van der Waals surface area contributed by atoms with Crippen LogP contribution in [0.3, 0.4) is 0 Å². The predicted octanol–water partition coefficient (Wildman–Crippen LogP) is 2.19. The predicted molar refractivity (Wildman–Crippen MR) is 65.3 cm³/mol. The van der Waals surface area contributed by atoms with Gasteiger partial charge in [-0.1, -0.05) is 18.2 Å². The molecular weight excluding hydrogens is 206 g/mol. The topological polar surface area (TPSA) is 46.2 Å². The molecule has 1 aromatic carbocycles. The van der Waals surface area contributed by atoms with E-state index in [9.17, 15) is 5.11 Å². The van der Waals surface area contributed by atoms with Gasteiger partial charge >= 0.3 is 0 Å². The summed E-state index contributed by atoms with van der Waals surface area (Å²) >= 11 is 1.97. The van der Waals surface area contributed by atoms with Crippen molar-refractivity contribution in [1.29, 1.82) is 0 Å². The van der Waals surface area contributed by atoms with E-state index in [-0.39, 0.29) is 0 Å². The van der Waals surface area contributed by atoms with Gasteiger partial charge in [0, 0.05) is 0 Å². The smallest absolute Gasteiger partial charge is 0.119 e. The van der Waals surface area contributed by atoms with E-state index in [0.29, 0.717) is 24.1 Å². The number of hydrogen-bond donors (Lipinski definition) is 2. The molecule has 1 aliphatic heterocycles. The normalized spacial score (nSPS) is 26.5. The molecule has 1 fully saturated rings. The van der Waals surface area contributed by atoms with E-state index in [1.54, 1.807) is 6.07 Å². The van der Waals surface area contributed by atoms with Crippen LogP contribution < -0.4 is 5.73 Å². The van der Waals surface area contributed by atoms with E-state index < -0.39 is 0 Å². The second kappa shape index (κ2) is 4.90. The summed E-state index contributed by atoms with van der Waals surface area (Å²) in [4.78, 5) is 0. The summed E-state index contributed by atoms with van der Waals surface area (Å²) in [6.07, 6.45) is 1.13. The van der Waals surface area contributed by atoms with Crippen LogP contribution in [0, 0.1) is 5.92 Å². The fourth-order valence-electron chi connectivity index (χ4n) is 2.24. The Kier molecular flexibility index (Phi) is 3.54. The van der Waals surface area contributed by atoms with Crippen LogP contribution in [0.15, 0.2) is 24.3 Å². The highest BCUT2D eigenvalue weighted by molar-refractivity contribution is 7.99. The molecule has 3 heteroatoms. The van der Waals surface area contributed by atoms with Crippen LogP contribution in [0.5, 0.6) is 5.75 Å². The second-order valence-electron chi connectivity index (χ2n) is 4.02. The van der Waals surface area contributed by atoms with Gasteiger partial charge in [-0.2, -0.15) is 11.8 Å². The number of phenolic OH excluding ortho intramolecular Hbond substituents is 1. The van der Waals surface area contributed by atoms with E-state index in [1.807, 2.05) is 30.0 Å². The highest BCUT2D eigenvalue weighted by Gasteiger charge is 2.27. The summed E-state index contributed by atoms with van der Waals surface area (Å²) in [5.41, 5.74) is 6.86. The van der Waals surface area contributed by atoms with Crippen molar-refractivity contribution in [2.45, 2.75) is 12.3 Å². The quantitative estimate of drug-likeness (QED) is 0.808. The molecule has 1 saturated heterocycles. The Hall–Kier alpha value is -0.670. The lowest BCUT2D eigenvalue weighted by molar-refractivity contribution is 0.417. The number of hydrogen-bond acceptors (Lipinski definition) is 3. The maximum atomic E-state index is 9.83. The maximum Gasteiger partial charge on any atom is 0.119 e. The van der Waals surface area contributed by atoms with Crippen molar-refractivity contribution in [2.24, 2.45) is 11.7 Å². The van der Waals surface area contributed by atoms with Gasteiger partial charge < -0.3 is 10.8 Å². The minimum Gasteiger partial charge on any atom is -0.508 e. The molecule has 1 aliphatic rings. The lowest BCUT2D eigenvalue weighted by Crippen LogP contribution is -2.28. The average molecular weight is 223 g/mol. The van der Waals surface area contributed by atoms with Crippen LogP contribution in [0.2, 0.25) is 0 Å². The molecule has 0 aromatic heterocycles. The van der Waals surface area contributed by atoms with E-state index in [2.05, 4.69) is 0 Å². The van der Waals surface area contributed by atoms with Crippen molar-refractivity contribution >= 4 is 11.8 Å². The molecule has 0 bridgehead atoms. The highest BCUT2D eigenvalue weighted by Crippen LogP contribution is 2.39. The van der Waals surface area contributed by atoms with Gasteiger partial charge in [0.05, 0.1) is 0 Å². The number of nitrogens with two attached hydrogens (primary N) is 1. The SMILES string of the molecule is NCC1CSCCC1c1ccccc1O. The van der Waals surface area contributed by atoms with Crippen LogP contribution in [0.25, 0.3) is 0 Å². The van der Waals surface area contributed by atoms with Crippen LogP contribution in [0.1, 0.15) is 17.9 Å². The Labute approximate surface area is 94.9 Å². The molecule has 1 heterocycles. The minimum atomic E-state index is 0.424. The first-order chi connectivity index (χ1) is 7.33. The Morgan fingerprint density at radius 1 is 1.40 bits per heavy atom. The zero-order valence-electron chi connectivity index (χ0n) is 8.73. The number of para-hydroxylation sites is 1. The molecule has 0 spiro atoms. The number of aromatic hydroxyl groups is 1. The highest BCUT2D eigenvalue weighted by atomic mass is 32.2. The third-order valence-electron chi connectivity index (χ3n) is 3.11. The van der Waals surface area contributed by atoms with Crippen molar-refractivity contribution in [3.63, 3.8) is 0 Å². The van der Waals surface area contributed by atoms with E-state index >= 15 is 0 Å². The third-order valence-corrected chi connectivity index (χ3v) is 4.30. The average Bonchev–Trinajstić information content (AvgIpc) is 2.30. The molecule has 15 heavy (non-hydrogen) atoms. The standard InChI is InChI=1S/C12H17NOS/c13-7-9-8-15-6-5-10(9)11-3-1-2-4-12(11)14/h1-4,9-10,14H,5-8,13H2. The first kappa shape index (κ1) is 10.8. The number of rotatable bonds is 2. The molecule has 0 saturated carbocycles. The van der Waals surface area contributed by atoms with Crippen molar-refractivity contribution < 1.29 is 5.11 Å². The van der Waals surface area contributed by atoms with Crippen molar-refractivity contribution in [2.75, 3.05) is 18.1 Å². The monoisotopic (exact) mass is 223 g/mol. The van der Waals surface area contributed by atoms with Crippen molar-refractivity contribution in [3.05, 3.63) is 29.8 Å². The van der Waals surface area contributed by atoms with Crippen LogP contribution in [0.4, 0.5) is 0 Å². The number of phenols is 1. The Bertz CT molecular complexity index is 329. The summed E-state index contributed by atoms with van der Waals surface area (Å²) in [6.45, 7) is 0.714. The lowest BCUT2D eigenvalue weighted by Gasteiger charge is -2.30. The summed E-state index contributed by atoms with van der Waals surface area (Å²) in [7, 11) is 0. The van der Waals surface area contributed by atoms with Crippen LogP contribution in [-0.4, -0.2) is 23.2 Å². The van der Waals surface area contributed by atoms with Gasteiger partial charge in [-0.15, -0.1) is 0 Å². The summed E-state index contributed by atoms with van der Waals surface area (Å²) < 4.78 is 0. The van der Waals surface area contributed by atoms with Gasteiger partial charge in [-0.25, -0.2) is 0 Å². The van der Waals surface area contributed by atoms with Gasteiger partial charge in [-0.05, 0) is 47.9 Å². The number of benzene rings is 1. The van der Waals surface area contributed by atoms with E-state index in [1.165, 1.54) is 5.75 Å². The second-order valence-corrected chi connectivity index (χ2v) is 5.17. The van der Waals surface area contributed by atoms with Gasteiger partial charge in [0.15, 0.2) is 0 Å². The number of thioether (sulfide) groups is 1. The largest absolute Gasteiger partial charge is 0.508 e. The van der Waals surface area contributed by atoms with Gasteiger partial charge in [0.1, 0.15) is 5.75 Å². The molecule has 1 aromatic rings. The molecule has 2 unspecified atom stereocenters. The zero-order chi connectivity index (χ0) is 10.7. The molecule has 2 rings (SSSR count). The fraction of sp³-hybridized carbons (Fsp3) is 0.500. The van der Waals surface area contributed by atoms with Gasteiger partial charge in [-0.3, -0.25) is 0 Å². The Morgan fingerprint density at radius 2 is 2.20 bits per heavy atom. The molecule has 82 valence electrons. The molecule has 2 atom stereocenters. The van der Waals surface area contributed by atoms with Crippen molar-refractivity contribution in [1.82, 2.24) is 0 Å². The van der Waals surface area contributed by atoms with Crippen molar-refractivity contribution in [3.8, 4) is 5.75 Å².